The van der Waals surface area contributed by atoms with Gasteiger partial charge in [-0.1, -0.05) is 24.3 Å². The van der Waals surface area contributed by atoms with Gasteiger partial charge in [0, 0.05) is 18.5 Å². The van der Waals surface area contributed by atoms with E-state index in [0.29, 0.717) is 5.69 Å². The van der Waals surface area contributed by atoms with Gasteiger partial charge in [-0.05, 0) is 43.9 Å². The maximum atomic E-state index is 15.4. The summed E-state index contributed by atoms with van der Waals surface area (Å²) in [6.07, 6.45) is -1.21. The number of sulfonamides is 1. The Kier molecular flexibility index (Phi) is 8.07. The van der Waals surface area contributed by atoms with Crippen LogP contribution in [0.3, 0.4) is 0 Å². The lowest BCUT2D eigenvalue weighted by atomic mass is 9.96. The number of aryl methyl sites for hydroxylation is 1. The first kappa shape index (κ1) is 26.9. The Hall–Kier alpha value is -2.70. The highest BCUT2D eigenvalue weighted by molar-refractivity contribution is 7.89. The van der Waals surface area contributed by atoms with Crippen LogP contribution in [0.25, 0.3) is 0 Å². The molecule has 1 saturated heterocycles. The van der Waals surface area contributed by atoms with E-state index in [4.69, 9.17) is 9.84 Å². The highest BCUT2D eigenvalue weighted by atomic mass is 32.2. The van der Waals surface area contributed by atoms with Gasteiger partial charge in [-0.2, -0.15) is 0 Å². The maximum absolute atomic E-state index is 15.4. The maximum Gasteiger partial charge on any atom is 0.344 e. The molecule has 2 aromatic rings. The van der Waals surface area contributed by atoms with Crippen LogP contribution in [0.5, 0.6) is 5.88 Å². The highest BCUT2D eigenvalue weighted by Crippen LogP contribution is 2.30. The van der Waals surface area contributed by atoms with E-state index in [1.54, 1.807) is 25.1 Å². The second-order valence-corrected chi connectivity index (χ2v) is 10.6. The first-order chi connectivity index (χ1) is 16.3. The lowest BCUT2D eigenvalue weighted by molar-refractivity contribution is -0.144. The third-order valence-electron chi connectivity index (χ3n) is 5.92. The average molecular weight is 516 g/mol. The van der Waals surface area contributed by atoms with Crippen molar-refractivity contribution in [1.82, 2.24) is 15.0 Å². The van der Waals surface area contributed by atoms with Gasteiger partial charge in [0.05, 0.1) is 18.0 Å². The standard InChI is InChI=1S/C23H28F3N3O5S/c1-4-35(32,33)29-21-18(27-12-23(21,25)26)11-16-7-5-6-15(20(16)24)10-17-13(2)8-9-19(28-17)34-14(3)22(30)31/h5-9,14,18,21,27,29H,4,10-12H2,1-3H3,(H,30,31)/t14-,18-,21+/m0/s1. The summed E-state index contributed by atoms with van der Waals surface area (Å²) >= 11 is 0. The number of alkyl halides is 2. The third-order valence-corrected chi connectivity index (χ3v) is 7.29. The number of nitrogens with one attached hydrogen (secondary N) is 2. The molecular weight excluding hydrogens is 487 g/mol. The van der Waals surface area contributed by atoms with E-state index < -0.39 is 52.5 Å². The number of halogens is 3. The molecule has 0 radical (unpaired) electrons. The van der Waals surface area contributed by atoms with Crippen LogP contribution >= 0.6 is 0 Å². The van der Waals surface area contributed by atoms with Crippen LogP contribution in [0.15, 0.2) is 30.3 Å². The van der Waals surface area contributed by atoms with Crippen molar-refractivity contribution in [2.75, 3.05) is 12.3 Å². The largest absolute Gasteiger partial charge is 0.479 e. The van der Waals surface area contributed by atoms with E-state index in [1.807, 2.05) is 4.72 Å². The molecule has 12 heteroatoms. The zero-order chi connectivity index (χ0) is 26.0. The number of ether oxygens (including phenoxy) is 1. The molecule has 35 heavy (non-hydrogen) atoms. The summed E-state index contributed by atoms with van der Waals surface area (Å²) in [5, 5.41) is 11.6. The molecule has 0 saturated carbocycles. The van der Waals surface area contributed by atoms with Crippen molar-refractivity contribution in [3.8, 4) is 5.88 Å². The van der Waals surface area contributed by atoms with Crippen LogP contribution in [0, 0.1) is 12.7 Å². The Morgan fingerprint density at radius 2 is 2.00 bits per heavy atom. The predicted molar refractivity (Wildman–Crippen MR) is 123 cm³/mol. The number of aliphatic carboxylic acids is 1. The number of hydrogen-bond acceptors (Lipinski definition) is 6. The molecule has 192 valence electrons. The summed E-state index contributed by atoms with van der Waals surface area (Å²) in [4.78, 5) is 15.3. The number of nitrogens with zero attached hydrogens (tertiary/aromatic N) is 1. The van der Waals surface area contributed by atoms with E-state index in [1.165, 1.54) is 26.0 Å². The Balaban J connectivity index is 1.82. The smallest absolute Gasteiger partial charge is 0.344 e. The molecule has 2 heterocycles. The average Bonchev–Trinajstić information content (AvgIpc) is 3.06. The monoisotopic (exact) mass is 515 g/mol. The van der Waals surface area contributed by atoms with Crippen LogP contribution in [-0.2, 0) is 27.7 Å². The van der Waals surface area contributed by atoms with Crippen molar-refractivity contribution in [2.24, 2.45) is 0 Å². The molecule has 1 aliphatic rings. The molecule has 1 fully saturated rings. The number of aromatic nitrogens is 1. The molecule has 3 rings (SSSR count). The molecule has 8 nitrogen and oxygen atoms in total. The van der Waals surface area contributed by atoms with Crippen molar-refractivity contribution >= 4 is 16.0 Å². The summed E-state index contributed by atoms with van der Waals surface area (Å²) in [7, 11) is -3.90. The molecule has 3 atom stereocenters. The molecule has 1 aromatic heterocycles. The number of hydrogen-bond donors (Lipinski definition) is 3. The minimum absolute atomic E-state index is 0.0598. The summed E-state index contributed by atoms with van der Waals surface area (Å²) in [5.74, 6) is -5.35. The quantitative estimate of drug-likeness (QED) is 0.445. The Morgan fingerprint density at radius 1 is 1.31 bits per heavy atom. The van der Waals surface area contributed by atoms with Gasteiger partial charge >= 0.3 is 5.97 Å². The van der Waals surface area contributed by atoms with Gasteiger partial charge in [0.2, 0.25) is 15.9 Å². The van der Waals surface area contributed by atoms with Gasteiger partial charge < -0.3 is 15.2 Å². The zero-order valence-corrected chi connectivity index (χ0v) is 20.3. The van der Waals surface area contributed by atoms with Crippen molar-refractivity contribution in [2.45, 2.75) is 57.7 Å². The molecule has 0 bridgehead atoms. The van der Waals surface area contributed by atoms with Crippen LogP contribution in [-0.4, -0.2) is 60.9 Å². The molecular formula is C23H28F3N3O5S. The van der Waals surface area contributed by atoms with E-state index in [0.717, 1.165) is 5.56 Å². The third kappa shape index (κ3) is 6.50. The number of carbonyl (C=O) groups is 1. The topological polar surface area (TPSA) is 118 Å². The van der Waals surface area contributed by atoms with E-state index in [2.05, 4.69) is 10.3 Å². The molecule has 1 aromatic carbocycles. The fraction of sp³-hybridized carbons (Fsp3) is 0.478. The van der Waals surface area contributed by atoms with E-state index >= 15 is 4.39 Å². The van der Waals surface area contributed by atoms with Crippen molar-refractivity contribution in [3.63, 3.8) is 0 Å². The Labute approximate surface area is 202 Å². The number of pyridine rings is 1. The number of benzene rings is 1. The van der Waals surface area contributed by atoms with Crippen LogP contribution in [0.4, 0.5) is 13.2 Å². The minimum Gasteiger partial charge on any atom is -0.479 e. The Morgan fingerprint density at radius 3 is 2.66 bits per heavy atom. The first-order valence-electron chi connectivity index (χ1n) is 11.1. The second kappa shape index (κ2) is 10.5. The van der Waals surface area contributed by atoms with Gasteiger partial charge in [0.1, 0.15) is 11.9 Å². The molecule has 3 N–H and O–H groups in total. The number of rotatable bonds is 10. The highest BCUT2D eigenvalue weighted by Gasteiger charge is 2.51. The minimum atomic E-state index is -3.90. The molecule has 0 unspecified atom stereocenters. The zero-order valence-electron chi connectivity index (χ0n) is 19.5. The van der Waals surface area contributed by atoms with Crippen LogP contribution in [0.1, 0.15) is 36.2 Å². The van der Waals surface area contributed by atoms with Crippen molar-refractivity contribution < 1.29 is 36.2 Å². The fourth-order valence-corrected chi connectivity index (χ4v) is 4.69. The SMILES string of the molecule is CCS(=O)(=O)N[C@@H]1[C@H](Cc2cccc(Cc3nc(O[C@@H](C)C(=O)O)ccc3C)c2F)NCC1(F)F. The molecule has 1 aliphatic heterocycles. The molecule has 0 spiro atoms. The summed E-state index contributed by atoms with van der Waals surface area (Å²) in [5.41, 5.74) is 1.62. The Bertz CT molecular complexity index is 1190. The van der Waals surface area contributed by atoms with Gasteiger partial charge in [0.15, 0.2) is 6.10 Å². The van der Waals surface area contributed by atoms with E-state index in [-0.39, 0.29) is 35.6 Å². The molecule has 0 aliphatic carbocycles. The second-order valence-electron chi connectivity index (χ2n) is 8.53. The van der Waals surface area contributed by atoms with Gasteiger partial charge in [0.25, 0.3) is 5.92 Å². The molecule has 0 amide bonds. The normalized spacial score (nSPS) is 20.5. The van der Waals surface area contributed by atoms with Gasteiger partial charge in [-0.25, -0.2) is 36.1 Å². The summed E-state index contributed by atoms with van der Waals surface area (Å²) < 4.78 is 75.4. The number of carboxylic acids is 1. The first-order valence-corrected chi connectivity index (χ1v) is 12.7. The van der Waals surface area contributed by atoms with Crippen molar-refractivity contribution in [3.05, 3.63) is 58.5 Å². The predicted octanol–water partition coefficient (Wildman–Crippen LogP) is 2.43. The lowest BCUT2D eigenvalue weighted by Crippen LogP contribution is -2.51. The van der Waals surface area contributed by atoms with Crippen LogP contribution in [0.2, 0.25) is 0 Å². The summed E-state index contributed by atoms with van der Waals surface area (Å²) in [6, 6.07) is 5.10. The van der Waals surface area contributed by atoms with Gasteiger partial charge in [-0.3, -0.25) is 0 Å². The van der Waals surface area contributed by atoms with Gasteiger partial charge in [-0.15, -0.1) is 0 Å². The lowest BCUT2D eigenvalue weighted by Gasteiger charge is -2.24. The van der Waals surface area contributed by atoms with E-state index in [9.17, 15) is 22.0 Å². The van der Waals surface area contributed by atoms with Crippen molar-refractivity contribution in [1.29, 1.82) is 0 Å². The number of carboxylic acid groups (broad SMARTS) is 1. The van der Waals surface area contributed by atoms with Crippen LogP contribution < -0.4 is 14.8 Å². The summed E-state index contributed by atoms with van der Waals surface area (Å²) in [6.45, 7) is 3.75. The fourth-order valence-electron chi connectivity index (χ4n) is 3.80.